The summed E-state index contributed by atoms with van der Waals surface area (Å²) in [5, 5.41) is 0. The number of piperazine rings is 1. The first-order valence-electron chi connectivity index (χ1n) is 11.0. The average molecular weight is 406 g/mol. The van der Waals surface area contributed by atoms with E-state index in [9.17, 15) is 9.59 Å². The lowest BCUT2D eigenvalue weighted by Crippen LogP contribution is -2.52. The van der Waals surface area contributed by atoms with Crippen molar-refractivity contribution in [2.45, 2.75) is 38.8 Å². The zero-order chi connectivity index (χ0) is 20.9. The summed E-state index contributed by atoms with van der Waals surface area (Å²) in [7, 11) is 0. The number of carbonyl (C=O) groups excluding carboxylic acids is 2. The molecule has 2 aliphatic heterocycles. The van der Waals surface area contributed by atoms with E-state index in [4.69, 9.17) is 0 Å². The molecule has 0 N–H and O–H groups in total. The molecule has 1 atom stereocenters. The standard InChI is InChI=1S/C25H31N3O2/c1-20(29)28-17-16-27(19-24(28)21-10-4-2-5-11-21)25(30)23-13-7-6-12-22(23)18-26-14-8-3-9-15-26/h2,4-7,10-13,24H,3,8-9,14-19H2,1H3/t24-/m0/s1. The molecule has 2 fully saturated rings. The van der Waals surface area contributed by atoms with Gasteiger partial charge in [0.2, 0.25) is 5.91 Å². The van der Waals surface area contributed by atoms with Crippen LogP contribution >= 0.6 is 0 Å². The fourth-order valence-corrected chi connectivity index (χ4v) is 4.70. The minimum Gasteiger partial charge on any atom is -0.334 e. The molecule has 0 aromatic heterocycles. The first-order valence-corrected chi connectivity index (χ1v) is 11.0. The Bertz CT molecular complexity index is 877. The van der Waals surface area contributed by atoms with Crippen molar-refractivity contribution in [3.05, 3.63) is 71.3 Å². The van der Waals surface area contributed by atoms with Crippen LogP contribution in [0, 0.1) is 0 Å². The summed E-state index contributed by atoms with van der Waals surface area (Å²) in [6, 6.07) is 17.9. The van der Waals surface area contributed by atoms with E-state index in [1.54, 1.807) is 6.92 Å². The van der Waals surface area contributed by atoms with Gasteiger partial charge in [-0.25, -0.2) is 0 Å². The quantitative estimate of drug-likeness (QED) is 0.779. The summed E-state index contributed by atoms with van der Waals surface area (Å²) in [6.07, 6.45) is 3.78. The van der Waals surface area contributed by atoms with Crippen LogP contribution in [-0.4, -0.2) is 59.2 Å². The van der Waals surface area contributed by atoms with Gasteiger partial charge in [-0.2, -0.15) is 0 Å². The van der Waals surface area contributed by atoms with Crippen molar-refractivity contribution in [1.82, 2.24) is 14.7 Å². The maximum Gasteiger partial charge on any atom is 0.254 e. The van der Waals surface area contributed by atoms with Gasteiger partial charge in [0, 0.05) is 38.7 Å². The molecule has 2 saturated heterocycles. The summed E-state index contributed by atoms with van der Waals surface area (Å²) in [4.78, 5) is 32.0. The van der Waals surface area contributed by atoms with Gasteiger partial charge in [-0.05, 0) is 43.1 Å². The Morgan fingerprint density at radius 1 is 0.867 bits per heavy atom. The van der Waals surface area contributed by atoms with E-state index in [-0.39, 0.29) is 17.9 Å². The molecule has 4 rings (SSSR count). The van der Waals surface area contributed by atoms with Crippen molar-refractivity contribution in [1.29, 1.82) is 0 Å². The second-order valence-electron chi connectivity index (χ2n) is 8.38. The second kappa shape index (κ2) is 9.43. The Morgan fingerprint density at radius 3 is 2.30 bits per heavy atom. The number of nitrogens with zero attached hydrogens (tertiary/aromatic N) is 3. The maximum absolute atomic E-state index is 13.5. The van der Waals surface area contributed by atoms with Gasteiger partial charge in [0.1, 0.15) is 0 Å². The van der Waals surface area contributed by atoms with Crippen molar-refractivity contribution in [2.24, 2.45) is 0 Å². The first kappa shape index (κ1) is 20.6. The Balaban J connectivity index is 1.54. The van der Waals surface area contributed by atoms with Gasteiger partial charge in [0.15, 0.2) is 0 Å². The van der Waals surface area contributed by atoms with Crippen LogP contribution in [0.25, 0.3) is 0 Å². The van der Waals surface area contributed by atoms with Gasteiger partial charge in [-0.15, -0.1) is 0 Å². The Morgan fingerprint density at radius 2 is 1.57 bits per heavy atom. The van der Waals surface area contributed by atoms with Crippen molar-refractivity contribution in [3.8, 4) is 0 Å². The van der Waals surface area contributed by atoms with Crippen molar-refractivity contribution < 1.29 is 9.59 Å². The molecule has 30 heavy (non-hydrogen) atoms. The molecule has 158 valence electrons. The third-order valence-electron chi connectivity index (χ3n) is 6.35. The molecular weight excluding hydrogens is 374 g/mol. The summed E-state index contributed by atoms with van der Waals surface area (Å²) < 4.78 is 0. The van der Waals surface area contributed by atoms with Gasteiger partial charge in [-0.3, -0.25) is 14.5 Å². The molecule has 0 bridgehead atoms. The Labute approximate surface area is 179 Å². The fraction of sp³-hybridized carbons (Fsp3) is 0.440. The zero-order valence-electron chi connectivity index (χ0n) is 17.8. The molecule has 0 saturated carbocycles. The highest BCUT2D eigenvalue weighted by atomic mass is 16.2. The lowest BCUT2D eigenvalue weighted by Gasteiger charge is -2.41. The first-order chi connectivity index (χ1) is 14.6. The lowest BCUT2D eigenvalue weighted by atomic mass is 10.00. The van der Waals surface area contributed by atoms with Crippen molar-refractivity contribution >= 4 is 11.8 Å². The van der Waals surface area contributed by atoms with E-state index >= 15 is 0 Å². The molecule has 5 nitrogen and oxygen atoms in total. The number of piperidine rings is 1. The van der Waals surface area contributed by atoms with Crippen LogP contribution < -0.4 is 0 Å². The van der Waals surface area contributed by atoms with Crippen molar-refractivity contribution in [3.63, 3.8) is 0 Å². The van der Waals surface area contributed by atoms with Crippen LogP contribution in [0.15, 0.2) is 54.6 Å². The van der Waals surface area contributed by atoms with Crippen LogP contribution in [0.1, 0.15) is 53.7 Å². The van der Waals surface area contributed by atoms with Crippen LogP contribution in [0.3, 0.4) is 0 Å². The topological polar surface area (TPSA) is 43.9 Å². The number of likely N-dealkylation sites (tertiary alicyclic amines) is 1. The van der Waals surface area contributed by atoms with E-state index in [1.807, 2.05) is 58.3 Å². The van der Waals surface area contributed by atoms with Crippen LogP contribution in [0.4, 0.5) is 0 Å². The van der Waals surface area contributed by atoms with E-state index in [1.165, 1.54) is 19.3 Å². The molecule has 2 aromatic carbocycles. The molecule has 5 heteroatoms. The van der Waals surface area contributed by atoms with Crippen LogP contribution in [0.2, 0.25) is 0 Å². The van der Waals surface area contributed by atoms with Crippen LogP contribution in [0.5, 0.6) is 0 Å². The van der Waals surface area contributed by atoms with Crippen molar-refractivity contribution in [2.75, 3.05) is 32.7 Å². The fourth-order valence-electron chi connectivity index (χ4n) is 4.70. The largest absolute Gasteiger partial charge is 0.334 e. The number of carbonyl (C=O) groups is 2. The molecule has 2 aromatic rings. The summed E-state index contributed by atoms with van der Waals surface area (Å²) >= 11 is 0. The van der Waals surface area contributed by atoms with E-state index < -0.39 is 0 Å². The molecule has 0 spiro atoms. The zero-order valence-corrected chi connectivity index (χ0v) is 17.8. The highest BCUT2D eigenvalue weighted by Gasteiger charge is 2.33. The number of amides is 2. The normalized spacial score (nSPS) is 20.2. The summed E-state index contributed by atoms with van der Waals surface area (Å²) in [6.45, 7) is 6.32. The predicted octanol–water partition coefficient (Wildman–Crippen LogP) is 3.72. The smallest absolute Gasteiger partial charge is 0.254 e. The van der Waals surface area contributed by atoms with Gasteiger partial charge in [0.05, 0.1) is 6.04 Å². The summed E-state index contributed by atoms with van der Waals surface area (Å²) in [5.74, 6) is 0.133. The van der Waals surface area contributed by atoms with E-state index in [0.29, 0.717) is 19.6 Å². The SMILES string of the molecule is CC(=O)N1CCN(C(=O)c2ccccc2CN2CCCCC2)C[C@H]1c1ccccc1. The monoisotopic (exact) mass is 405 g/mol. The van der Waals surface area contributed by atoms with E-state index in [0.717, 1.165) is 36.3 Å². The van der Waals surface area contributed by atoms with Gasteiger partial charge >= 0.3 is 0 Å². The molecule has 2 amide bonds. The highest BCUT2D eigenvalue weighted by Crippen LogP contribution is 2.27. The summed E-state index contributed by atoms with van der Waals surface area (Å²) in [5.41, 5.74) is 2.98. The second-order valence-corrected chi connectivity index (χ2v) is 8.38. The number of hydrogen-bond acceptors (Lipinski definition) is 3. The molecule has 0 unspecified atom stereocenters. The van der Waals surface area contributed by atoms with Gasteiger partial charge in [-0.1, -0.05) is 55.0 Å². The minimum absolute atomic E-state index is 0.0569. The predicted molar refractivity (Wildman–Crippen MR) is 118 cm³/mol. The number of rotatable bonds is 4. The Kier molecular flexibility index (Phi) is 6.48. The number of hydrogen-bond donors (Lipinski definition) is 0. The molecule has 0 aliphatic carbocycles. The maximum atomic E-state index is 13.5. The average Bonchev–Trinajstić information content (AvgIpc) is 2.80. The third kappa shape index (κ3) is 4.57. The molecule has 0 radical (unpaired) electrons. The molecule has 2 aliphatic rings. The van der Waals surface area contributed by atoms with Gasteiger partial charge in [0.25, 0.3) is 5.91 Å². The molecular formula is C25H31N3O2. The lowest BCUT2D eigenvalue weighted by molar-refractivity contribution is -0.133. The highest BCUT2D eigenvalue weighted by molar-refractivity contribution is 5.96. The number of benzene rings is 2. The Hall–Kier alpha value is -2.66. The third-order valence-corrected chi connectivity index (χ3v) is 6.35. The minimum atomic E-state index is -0.101. The van der Waals surface area contributed by atoms with Crippen LogP contribution in [-0.2, 0) is 11.3 Å². The molecule has 2 heterocycles. The van der Waals surface area contributed by atoms with E-state index in [2.05, 4.69) is 11.0 Å². The van der Waals surface area contributed by atoms with Gasteiger partial charge < -0.3 is 9.80 Å².